The van der Waals surface area contributed by atoms with Gasteiger partial charge in [-0.3, -0.25) is 0 Å². The Morgan fingerprint density at radius 3 is 2.82 bits per heavy atom. The zero-order valence-corrected chi connectivity index (χ0v) is 11.6. The van der Waals surface area contributed by atoms with E-state index in [4.69, 9.17) is 5.73 Å². The fraction of sp³-hybridized carbons (Fsp3) is 0.500. The van der Waals surface area contributed by atoms with E-state index in [2.05, 4.69) is 44.0 Å². The Balaban J connectivity index is 2.14. The highest BCUT2D eigenvalue weighted by Crippen LogP contribution is 2.25. The van der Waals surface area contributed by atoms with E-state index < -0.39 is 0 Å². The molecule has 2 N–H and O–H groups in total. The monoisotopic (exact) mass is 248 g/mol. The summed E-state index contributed by atoms with van der Waals surface area (Å²) in [5.74, 6) is 0. The summed E-state index contributed by atoms with van der Waals surface area (Å²) in [7, 11) is 0. The molecule has 1 heterocycles. The summed E-state index contributed by atoms with van der Waals surface area (Å²) in [4.78, 5) is 4.48. The maximum atomic E-state index is 5.76. The summed E-state index contributed by atoms with van der Waals surface area (Å²) in [6.07, 6.45) is 2.23. The number of aromatic nitrogens is 1. The molecule has 0 aliphatic carbocycles. The predicted octanol–water partition coefficient (Wildman–Crippen LogP) is 3.52. The first-order chi connectivity index (χ1) is 8.00. The van der Waals surface area contributed by atoms with Crippen molar-refractivity contribution in [3.63, 3.8) is 0 Å². The summed E-state index contributed by atoms with van der Waals surface area (Å²) in [6, 6.07) is 6.59. The van der Waals surface area contributed by atoms with Gasteiger partial charge >= 0.3 is 0 Å². The molecule has 1 aromatic carbocycles. The highest BCUT2D eigenvalue weighted by atomic mass is 32.1. The smallest absolute Gasteiger partial charge is 0.0907 e. The average Bonchev–Trinajstić information content (AvgIpc) is 2.66. The lowest BCUT2D eigenvalue weighted by Gasteiger charge is -2.21. The van der Waals surface area contributed by atoms with Crippen LogP contribution >= 0.6 is 11.3 Å². The van der Waals surface area contributed by atoms with E-state index in [9.17, 15) is 0 Å². The van der Waals surface area contributed by atoms with Gasteiger partial charge < -0.3 is 5.73 Å². The SMILES string of the molecule is Cc1nc2ccc(CCC(C)(C)CN)cc2s1. The van der Waals surface area contributed by atoms with E-state index in [1.807, 2.05) is 0 Å². The van der Waals surface area contributed by atoms with E-state index in [-0.39, 0.29) is 5.41 Å². The van der Waals surface area contributed by atoms with E-state index in [1.165, 1.54) is 10.3 Å². The summed E-state index contributed by atoms with van der Waals surface area (Å²) in [5.41, 5.74) is 8.50. The van der Waals surface area contributed by atoms with Gasteiger partial charge in [0.1, 0.15) is 0 Å². The van der Waals surface area contributed by atoms with Crippen LogP contribution in [-0.2, 0) is 6.42 Å². The summed E-state index contributed by atoms with van der Waals surface area (Å²) >= 11 is 1.77. The number of fused-ring (bicyclic) bond motifs is 1. The minimum atomic E-state index is 0.235. The first-order valence-corrected chi connectivity index (χ1v) is 6.88. The summed E-state index contributed by atoms with van der Waals surface area (Å²) in [5, 5.41) is 1.14. The second kappa shape index (κ2) is 4.75. The van der Waals surface area contributed by atoms with Crippen molar-refractivity contribution in [1.29, 1.82) is 0 Å². The predicted molar refractivity (Wildman–Crippen MR) is 75.5 cm³/mol. The number of nitrogens with two attached hydrogens (primary N) is 1. The van der Waals surface area contributed by atoms with Crippen LogP contribution in [0.5, 0.6) is 0 Å². The zero-order chi connectivity index (χ0) is 12.5. The fourth-order valence-electron chi connectivity index (χ4n) is 1.82. The summed E-state index contributed by atoms with van der Waals surface area (Å²) < 4.78 is 1.30. The van der Waals surface area contributed by atoms with Gasteiger partial charge in [0.2, 0.25) is 0 Å². The number of thiazole rings is 1. The minimum Gasteiger partial charge on any atom is -0.330 e. The quantitative estimate of drug-likeness (QED) is 0.899. The lowest BCUT2D eigenvalue weighted by atomic mass is 9.86. The first kappa shape index (κ1) is 12.5. The maximum absolute atomic E-state index is 5.76. The van der Waals surface area contributed by atoms with Gasteiger partial charge in [-0.05, 0) is 49.4 Å². The molecule has 0 radical (unpaired) electrons. The Bertz CT molecular complexity index is 514. The van der Waals surface area contributed by atoms with Crippen LogP contribution in [0, 0.1) is 12.3 Å². The lowest BCUT2D eigenvalue weighted by molar-refractivity contribution is 0.348. The zero-order valence-electron chi connectivity index (χ0n) is 10.8. The Labute approximate surface area is 107 Å². The van der Waals surface area contributed by atoms with Crippen LogP contribution in [-0.4, -0.2) is 11.5 Å². The van der Waals surface area contributed by atoms with Crippen LogP contribution in [0.2, 0.25) is 0 Å². The number of aryl methyl sites for hydroxylation is 2. The Hall–Kier alpha value is -0.930. The Morgan fingerprint density at radius 1 is 1.35 bits per heavy atom. The largest absolute Gasteiger partial charge is 0.330 e. The third-order valence-corrected chi connectivity index (χ3v) is 4.14. The third-order valence-electron chi connectivity index (χ3n) is 3.20. The van der Waals surface area contributed by atoms with Gasteiger partial charge in [0.25, 0.3) is 0 Å². The van der Waals surface area contributed by atoms with Gasteiger partial charge in [0, 0.05) is 0 Å². The van der Waals surface area contributed by atoms with Crippen LogP contribution in [0.4, 0.5) is 0 Å². The molecule has 0 saturated heterocycles. The molecule has 0 unspecified atom stereocenters. The third kappa shape index (κ3) is 3.05. The second-order valence-corrected chi connectivity index (χ2v) is 6.64. The van der Waals surface area contributed by atoms with Crippen molar-refractivity contribution in [1.82, 2.24) is 4.98 Å². The van der Waals surface area contributed by atoms with E-state index in [0.29, 0.717) is 0 Å². The molecule has 17 heavy (non-hydrogen) atoms. The molecule has 0 aliphatic heterocycles. The minimum absolute atomic E-state index is 0.235. The second-order valence-electron chi connectivity index (χ2n) is 5.40. The topological polar surface area (TPSA) is 38.9 Å². The molecule has 2 nitrogen and oxygen atoms in total. The van der Waals surface area contributed by atoms with Crippen LogP contribution < -0.4 is 5.73 Å². The number of nitrogens with zero attached hydrogens (tertiary/aromatic N) is 1. The lowest BCUT2D eigenvalue weighted by Crippen LogP contribution is -2.23. The fourth-order valence-corrected chi connectivity index (χ4v) is 2.72. The standard InChI is InChI=1S/C14H20N2S/c1-10-16-12-5-4-11(8-13(12)17-10)6-7-14(2,3)9-15/h4-5,8H,6-7,9,15H2,1-3H3. The van der Waals surface area contributed by atoms with Gasteiger partial charge in [-0.25, -0.2) is 4.98 Å². The van der Waals surface area contributed by atoms with Crippen LogP contribution in [0.3, 0.4) is 0 Å². The number of hydrogen-bond donors (Lipinski definition) is 1. The van der Waals surface area contributed by atoms with Crippen molar-refractivity contribution in [2.45, 2.75) is 33.6 Å². The molecule has 0 aliphatic rings. The van der Waals surface area contributed by atoms with Gasteiger partial charge in [-0.1, -0.05) is 19.9 Å². The molecule has 0 amide bonds. The molecule has 1 aromatic heterocycles. The highest BCUT2D eigenvalue weighted by Gasteiger charge is 2.15. The van der Waals surface area contributed by atoms with E-state index in [0.717, 1.165) is 29.9 Å². The van der Waals surface area contributed by atoms with Crippen LogP contribution in [0.25, 0.3) is 10.2 Å². The van der Waals surface area contributed by atoms with Gasteiger partial charge in [-0.15, -0.1) is 11.3 Å². The molecular weight excluding hydrogens is 228 g/mol. The van der Waals surface area contributed by atoms with Gasteiger partial charge in [0.05, 0.1) is 15.2 Å². The number of benzene rings is 1. The molecule has 0 bridgehead atoms. The normalized spacial score (nSPS) is 12.2. The van der Waals surface area contributed by atoms with Crippen molar-refractivity contribution in [2.24, 2.45) is 11.1 Å². The molecule has 0 atom stereocenters. The number of hydrogen-bond acceptors (Lipinski definition) is 3. The number of rotatable bonds is 4. The van der Waals surface area contributed by atoms with Crippen LogP contribution in [0.15, 0.2) is 18.2 Å². The average molecular weight is 248 g/mol. The van der Waals surface area contributed by atoms with Gasteiger partial charge in [-0.2, -0.15) is 0 Å². The summed E-state index contributed by atoms with van der Waals surface area (Å²) in [6.45, 7) is 7.25. The highest BCUT2D eigenvalue weighted by molar-refractivity contribution is 7.18. The van der Waals surface area contributed by atoms with E-state index in [1.54, 1.807) is 11.3 Å². The Morgan fingerprint density at radius 2 is 2.12 bits per heavy atom. The molecule has 0 spiro atoms. The van der Waals surface area contributed by atoms with Crippen molar-refractivity contribution >= 4 is 21.6 Å². The molecule has 92 valence electrons. The molecule has 2 aromatic rings. The maximum Gasteiger partial charge on any atom is 0.0907 e. The Kier molecular flexibility index (Phi) is 3.50. The van der Waals surface area contributed by atoms with Crippen molar-refractivity contribution < 1.29 is 0 Å². The van der Waals surface area contributed by atoms with Crippen molar-refractivity contribution in [3.8, 4) is 0 Å². The van der Waals surface area contributed by atoms with Crippen molar-refractivity contribution in [2.75, 3.05) is 6.54 Å². The van der Waals surface area contributed by atoms with Crippen molar-refractivity contribution in [3.05, 3.63) is 28.8 Å². The molecule has 2 rings (SSSR count). The van der Waals surface area contributed by atoms with E-state index >= 15 is 0 Å². The van der Waals surface area contributed by atoms with Gasteiger partial charge in [0.15, 0.2) is 0 Å². The molecule has 0 saturated carbocycles. The molecule has 3 heteroatoms. The molecular formula is C14H20N2S. The first-order valence-electron chi connectivity index (χ1n) is 6.06. The molecule has 0 fully saturated rings. The van der Waals surface area contributed by atoms with Crippen LogP contribution in [0.1, 0.15) is 30.8 Å².